The molecule has 1 aliphatic rings. The third-order valence-electron chi connectivity index (χ3n) is 3.74. The molecule has 110 valence electrons. The smallest absolute Gasteiger partial charge is 0.225 e. The number of hydrogen-bond acceptors (Lipinski definition) is 2. The summed E-state index contributed by atoms with van der Waals surface area (Å²) in [6, 6.07) is 6.42. The van der Waals surface area contributed by atoms with Crippen molar-refractivity contribution in [2.45, 2.75) is 32.8 Å². The summed E-state index contributed by atoms with van der Waals surface area (Å²) in [6.07, 6.45) is 1.68. The molecule has 0 saturated carbocycles. The number of amides is 1. The number of morpholine rings is 1. The minimum atomic E-state index is -0.270. The van der Waals surface area contributed by atoms with Gasteiger partial charge in [-0.05, 0) is 24.1 Å². The Labute approximate surface area is 119 Å². The van der Waals surface area contributed by atoms with Crippen molar-refractivity contribution >= 4 is 5.91 Å². The van der Waals surface area contributed by atoms with Crippen LogP contribution in [0.2, 0.25) is 0 Å². The highest BCUT2D eigenvalue weighted by Gasteiger charge is 2.27. The molecule has 1 aromatic carbocycles. The number of carbonyl (C=O) groups excluding carboxylic acids is 1. The van der Waals surface area contributed by atoms with Crippen LogP contribution in [0.15, 0.2) is 24.3 Å². The average Bonchev–Trinajstić information content (AvgIpc) is 2.47. The Bertz CT molecular complexity index is 464. The van der Waals surface area contributed by atoms with Gasteiger partial charge in [0.1, 0.15) is 11.9 Å². The summed E-state index contributed by atoms with van der Waals surface area (Å²) in [4.78, 5) is 14.2. The van der Waals surface area contributed by atoms with Crippen LogP contribution in [-0.4, -0.2) is 30.5 Å². The van der Waals surface area contributed by atoms with E-state index in [-0.39, 0.29) is 23.7 Å². The first-order chi connectivity index (χ1) is 9.61. The number of ether oxygens (including phenoxy) is 1. The third-order valence-corrected chi connectivity index (χ3v) is 3.74. The van der Waals surface area contributed by atoms with E-state index in [0.29, 0.717) is 19.7 Å². The van der Waals surface area contributed by atoms with Gasteiger partial charge in [-0.15, -0.1) is 0 Å². The molecule has 1 saturated heterocycles. The van der Waals surface area contributed by atoms with E-state index in [1.807, 2.05) is 17.9 Å². The van der Waals surface area contributed by atoms with Gasteiger partial charge >= 0.3 is 0 Å². The zero-order chi connectivity index (χ0) is 14.5. The number of halogens is 1. The first-order valence-electron chi connectivity index (χ1n) is 7.27. The van der Waals surface area contributed by atoms with Gasteiger partial charge in [-0.25, -0.2) is 4.39 Å². The Balaban J connectivity index is 2.03. The fourth-order valence-electron chi connectivity index (χ4n) is 2.63. The number of benzene rings is 1. The summed E-state index contributed by atoms with van der Waals surface area (Å²) in [5.74, 6) is -0.0447. The van der Waals surface area contributed by atoms with E-state index in [9.17, 15) is 9.18 Å². The summed E-state index contributed by atoms with van der Waals surface area (Å²) in [6.45, 7) is 5.69. The third kappa shape index (κ3) is 3.57. The van der Waals surface area contributed by atoms with Crippen molar-refractivity contribution in [3.63, 3.8) is 0 Å². The lowest BCUT2D eigenvalue weighted by Gasteiger charge is -2.34. The lowest BCUT2D eigenvalue weighted by atomic mass is 10.0. The molecule has 1 heterocycles. The van der Waals surface area contributed by atoms with Crippen molar-refractivity contribution in [3.05, 3.63) is 35.6 Å². The monoisotopic (exact) mass is 279 g/mol. The minimum absolute atomic E-state index is 0.0475. The molecule has 0 radical (unpaired) electrons. The maximum absolute atomic E-state index is 13.3. The molecule has 0 N–H and O–H groups in total. The van der Waals surface area contributed by atoms with Gasteiger partial charge in [-0.2, -0.15) is 0 Å². The molecule has 1 aliphatic heterocycles. The molecule has 0 bridgehead atoms. The topological polar surface area (TPSA) is 29.5 Å². The second-order valence-electron chi connectivity index (χ2n) is 5.39. The number of hydrogen-bond donors (Lipinski definition) is 0. The molecule has 1 amide bonds. The average molecular weight is 279 g/mol. The predicted octanol–water partition coefficient (Wildman–Crippen LogP) is 3.16. The van der Waals surface area contributed by atoms with Crippen LogP contribution in [0.1, 0.15) is 38.4 Å². The second kappa shape index (κ2) is 6.84. The van der Waals surface area contributed by atoms with Crippen LogP contribution in [0.25, 0.3) is 0 Å². The zero-order valence-corrected chi connectivity index (χ0v) is 12.1. The van der Waals surface area contributed by atoms with Crippen LogP contribution < -0.4 is 0 Å². The fourth-order valence-corrected chi connectivity index (χ4v) is 2.63. The summed E-state index contributed by atoms with van der Waals surface area (Å²) in [7, 11) is 0. The highest BCUT2D eigenvalue weighted by Crippen LogP contribution is 2.24. The molecule has 3 nitrogen and oxygen atoms in total. The second-order valence-corrected chi connectivity index (χ2v) is 5.39. The van der Waals surface area contributed by atoms with Gasteiger partial charge in [0.05, 0.1) is 13.2 Å². The molecule has 2 rings (SSSR count). The number of nitrogens with zero attached hydrogens (tertiary/aromatic N) is 1. The summed E-state index contributed by atoms with van der Waals surface area (Å²) in [5.41, 5.74) is 0.797. The number of carbonyl (C=O) groups is 1. The van der Waals surface area contributed by atoms with E-state index in [2.05, 4.69) is 6.92 Å². The predicted molar refractivity (Wildman–Crippen MR) is 75.7 cm³/mol. The fraction of sp³-hybridized carbons (Fsp3) is 0.562. The van der Waals surface area contributed by atoms with Crippen LogP contribution in [0, 0.1) is 11.7 Å². The Morgan fingerprint density at radius 3 is 3.05 bits per heavy atom. The van der Waals surface area contributed by atoms with Crippen LogP contribution in [0.4, 0.5) is 4.39 Å². The van der Waals surface area contributed by atoms with E-state index >= 15 is 0 Å². The van der Waals surface area contributed by atoms with E-state index in [1.165, 1.54) is 12.1 Å². The van der Waals surface area contributed by atoms with Crippen LogP contribution >= 0.6 is 0 Å². The normalized spacial score (nSPS) is 20.8. The van der Waals surface area contributed by atoms with Crippen LogP contribution in [0.5, 0.6) is 0 Å². The molecule has 4 heteroatoms. The molecule has 1 fully saturated rings. The molecular weight excluding hydrogens is 257 g/mol. The van der Waals surface area contributed by atoms with E-state index in [1.54, 1.807) is 6.07 Å². The van der Waals surface area contributed by atoms with E-state index in [4.69, 9.17) is 4.74 Å². The van der Waals surface area contributed by atoms with Crippen molar-refractivity contribution in [1.29, 1.82) is 0 Å². The van der Waals surface area contributed by atoms with Gasteiger partial charge < -0.3 is 9.64 Å². The first kappa shape index (κ1) is 15.0. The Kier molecular flexibility index (Phi) is 5.12. The molecule has 20 heavy (non-hydrogen) atoms. The Morgan fingerprint density at radius 1 is 1.55 bits per heavy atom. The van der Waals surface area contributed by atoms with Crippen molar-refractivity contribution in [3.8, 4) is 0 Å². The lowest BCUT2D eigenvalue weighted by molar-refractivity contribution is -0.143. The minimum Gasteiger partial charge on any atom is -0.370 e. The molecule has 1 aromatic rings. The van der Waals surface area contributed by atoms with Gasteiger partial charge in [-0.1, -0.05) is 32.4 Å². The molecule has 0 aliphatic carbocycles. The SMILES string of the molecule is CCCC(C)C(=O)N1CCOC(c2cccc(F)c2)C1. The molecule has 2 atom stereocenters. The van der Waals surface area contributed by atoms with Crippen LogP contribution in [-0.2, 0) is 9.53 Å². The summed E-state index contributed by atoms with van der Waals surface area (Å²) in [5, 5.41) is 0. The maximum atomic E-state index is 13.3. The maximum Gasteiger partial charge on any atom is 0.225 e. The van der Waals surface area contributed by atoms with Gasteiger partial charge in [0.15, 0.2) is 0 Å². The molecular formula is C16H22FNO2. The zero-order valence-electron chi connectivity index (χ0n) is 12.1. The molecule has 0 aromatic heterocycles. The van der Waals surface area contributed by atoms with Crippen molar-refractivity contribution in [2.24, 2.45) is 5.92 Å². The van der Waals surface area contributed by atoms with Crippen molar-refractivity contribution in [2.75, 3.05) is 19.7 Å². The molecule has 2 unspecified atom stereocenters. The van der Waals surface area contributed by atoms with Gasteiger partial charge in [0.25, 0.3) is 0 Å². The van der Waals surface area contributed by atoms with E-state index < -0.39 is 0 Å². The first-order valence-corrected chi connectivity index (χ1v) is 7.27. The van der Waals surface area contributed by atoms with Gasteiger partial charge in [-0.3, -0.25) is 4.79 Å². The highest BCUT2D eigenvalue weighted by molar-refractivity contribution is 5.78. The summed E-state index contributed by atoms with van der Waals surface area (Å²) >= 11 is 0. The quantitative estimate of drug-likeness (QED) is 0.847. The van der Waals surface area contributed by atoms with Gasteiger partial charge in [0, 0.05) is 12.5 Å². The highest BCUT2D eigenvalue weighted by atomic mass is 19.1. The van der Waals surface area contributed by atoms with E-state index in [0.717, 1.165) is 18.4 Å². The van der Waals surface area contributed by atoms with Gasteiger partial charge in [0.2, 0.25) is 5.91 Å². The lowest BCUT2D eigenvalue weighted by Crippen LogP contribution is -2.44. The summed E-state index contributed by atoms with van der Waals surface area (Å²) < 4.78 is 18.9. The Morgan fingerprint density at radius 2 is 2.35 bits per heavy atom. The molecule has 0 spiro atoms. The largest absolute Gasteiger partial charge is 0.370 e. The van der Waals surface area contributed by atoms with Crippen LogP contribution in [0.3, 0.4) is 0 Å². The van der Waals surface area contributed by atoms with Crippen molar-refractivity contribution in [1.82, 2.24) is 4.90 Å². The van der Waals surface area contributed by atoms with Crippen molar-refractivity contribution < 1.29 is 13.9 Å². The standard InChI is InChI=1S/C16H22FNO2/c1-3-5-12(2)16(19)18-8-9-20-15(11-18)13-6-4-7-14(17)10-13/h4,6-7,10,12,15H,3,5,8-9,11H2,1-2H3. The number of rotatable bonds is 4. The Hall–Kier alpha value is -1.42.